The summed E-state index contributed by atoms with van der Waals surface area (Å²) < 4.78 is 32.2. The van der Waals surface area contributed by atoms with Crippen LogP contribution in [0.25, 0.3) is 0 Å². The maximum Gasteiger partial charge on any atom is 0.243 e. The molecule has 32 heavy (non-hydrogen) atoms. The van der Waals surface area contributed by atoms with E-state index >= 15 is 0 Å². The van der Waals surface area contributed by atoms with Crippen molar-refractivity contribution < 1.29 is 13.2 Å². The Morgan fingerprint density at radius 1 is 0.906 bits per heavy atom. The van der Waals surface area contributed by atoms with Crippen LogP contribution in [0.1, 0.15) is 0 Å². The molecule has 4 rings (SSSR count). The zero-order chi connectivity index (χ0) is 22.7. The Kier molecular flexibility index (Phi) is 7.44. The number of halogens is 2. The summed E-state index contributed by atoms with van der Waals surface area (Å²) >= 11 is 17.7. The number of nitrogens with one attached hydrogen (secondary N) is 1. The van der Waals surface area contributed by atoms with Gasteiger partial charge in [-0.3, -0.25) is 0 Å². The Morgan fingerprint density at radius 2 is 1.56 bits per heavy atom. The van der Waals surface area contributed by atoms with Crippen molar-refractivity contribution in [2.24, 2.45) is 0 Å². The molecule has 0 aliphatic carbocycles. The third-order valence-electron chi connectivity index (χ3n) is 5.55. The Hall–Kier alpha value is -1.62. The standard InChI is InChI=1S/C21H24Cl2N4O3S2/c22-19-6-3-17(15-20(19)23)25-7-9-26(10-8-25)21(31)24-16-1-4-18(5-2-16)32(28,29)27-11-13-30-14-12-27/h1-6,15H,7-14H2,(H,24,31). The fourth-order valence-electron chi connectivity index (χ4n) is 3.70. The van der Waals surface area contributed by atoms with Crippen molar-refractivity contribution in [1.82, 2.24) is 9.21 Å². The number of ether oxygens (including phenoxy) is 1. The number of piperazine rings is 1. The molecule has 2 aromatic carbocycles. The minimum Gasteiger partial charge on any atom is -0.379 e. The van der Waals surface area contributed by atoms with Gasteiger partial charge in [-0.15, -0.1) is 0 Å². The van der Waals surface area contributed by atoms with Crippen molar-refractivity contribution in [1.29, 1.82) is 0 Å². The van der Waals surface area contributed by atoms with Crippen LogP contribution in [0.2, 0.25) is 10.0 Å². The predicted octanol–water partition coefficient (Wildman–Crippen LogP) is 3.53. The number of morpholine rings is 1. The third-order valence-corrected chi connectivity index (χ3v) is 8.56. The SMILES string of the molecule is O=S(=O)(c1ccc(NC(=S)N2CCN(c3ccc(Cl)c(Cl)c3)CC2)cc1)N1CCOCC1. The van der Waals surface area contributed by atoms with Crippen LogP contribution in [0.15, 0.2) is 47.4 Å². The van der Waals surface area contributed by atoms with Gasteiger partial charge in [-0.25, -0.2) is 8.42 Å². The Labute approximate surface area is 203 Å². The van der Waals surface area contributed by atoms with Gasteiger partial charge in [0, 0.05) is 50.6 Å². The second-order valence-corrected chi connectivity index (χ2v) is 10.7. The lowest BCUT2D eigenvalue weighted by Crippen LogP contribution is -2.50. The van der Waals surface area contributed by atoms with Crippen molar-refractivity contribution >= 4 is 61.9 Å². The molecule has 0 atom stereocenters. The molecule has 2 saturated heterocycles. The molecule has 1 N–H and O–H groups in total. The maximum absolute atomic E-state index is 12.8. The zero-order valence-corrected chi connectivity index (χ0v) is 20.5. The van der Waals surface area contributed by atoms with Crippen LogP contribution < -0.4 is 10.2 Å². The molecule has 11 heteroatoms. The van der Waals surface area contributed by atoms with Crippen molar-refractivity contribution in [3.8, 4) is 0 Å². The van der Waals surface area contributed by atoms with Crippen LogP contribution in [-0.4, -0.2) is 75.2 Å². The summed E-state index contributed by atoms with van der Waals surface area (Å²) in [6.45, 7) is 4.72. The van der Waals surface area contributed by atoms with E-state index in [1.54, 1.807) is 30.3 Å². The van der Waals surface area contributed by atoms with Gasteiger partial charge < -0.3 is 19.9 Å². The number of rotatable bonds is 4. The summed E-state index contributed by atoms with van der Waals surface area (Å²) in [7, 11) is -3.51. The van der Waals surface area contributed by atoms with E-state index in [1.165, 1.54) is 4.31 Å². The first-order valence-electron chi connectivity index (χ1n) is 10.3. The highest BCUT2D eigenvalue weighted by molar-refractivity contribution is 7.89. The summed E-state index contributed by atoms with van der Waals surface area (Å²) in [5.74, 6) is 0. The summed E-state index contributed by atoms with van der Waals surface area (Å²) in [5.41, 5.74) is 1.79. The van der Waals surface area contributed by atoms with Crippen molar-refractivity contribution in [2.45, 2.75) is 4.90 Å². The quantitative estimate of drug-likeness (QED) is 0.625. The topological polar surface area (TPSA) is 65.1 Å². The number of sulfonamides is 1. The van der Waals surface area contributed by atoms with E-state index in [1.807, 2.05) is 12.1 Å². The molecular formula is C21H24Cl2N4O3S2. The molecule has 7 nitrogen and oxygen atoms in total. The van der Waals surface area contributed by atoms with Gasteiger partial charge in [0.05, 0.1) is 28.2 Å². The first-order valence-corrected chi connectivity index (χ1v) is 12.9. The third kappa shape index (κ3) is 5.30. The molecule has 0 bridgehead atoms. The number of benzene rings is 2. The van der Waals surface area contributed by atoms with E-state index in [-0.39, 0.29) is 4.90 Å². The molecule has 2 fully saturated rings. The lowest BCUT2D eigenvalue weighted by Gasteiger charge is -2.37. The molecule has 2 aliphatic rings. The molecule has 0 amide bonds. The van der Waals surface area contributed by atoms with Crippen LogP contribution in [0.5, 0.6) is 0 Å². The fraction of sp³-hybridized carbons (Fsp3) is 0.381. The molecule has 0 radical (unpaired) electrons. The smallest absolute Gasteiger partial charge is 0.243 e. The van der Waals surface area contributed by atoms with Gasteiger partial charge in [-0.05, 0) is 54.7 Å². The van der Waals surface area contributed by atoms with Gasteiger partial charge in [0.1, 0.15) is 0 Å². The highest BCUT2D eigenvalue weighted by atomic mass is 35.5. The number of anilines is 2. The van der Waals surface area contributed by atoms with Crippen molar-refractivity contribution in [2.75, 3.05) is 62.7 Å². The molecule has 2 aromatic rings. The average molecular weight is 515 g/mol. The highest BCUT2D eigenvalue weighted by Crippen LogP contribution is 2.28. The van der Waals surface area contributed by atoms with E-state index in [2.05, 4.69) is 15.1 Å². The lowest BCUT2D eigenvalue weighted by molar-refractivity contribution is 0.0730. The Balaban J connectivity index is 1.33. The van der Waals surface area contributed by atoms with Crippen LogP contribution in [0.3, 0.4) is 0 Å². The van der Waals surface area contributed by atoms with Gasteiger partial charge in [0.2, 0.25) is 10.0 Å². The Bertz CT molecular complexity index is 1070. The second kappa shape index (κ2) is 10.1. The van der Waals surface area contributed by atoms with Crippen molar-refractivity contribution in [3.05, 3.63) is 52.5 Å². The summed E-state index contributed by atoms with van der Waals surface area (Å²) in [6, 6.07) is 12.4. The van der Waals surface area contributed by atoms with E-state index in [0.29, 0.717) is 41.5 Å². The molecule has 0 unspecified atom stereocenters. The number of hydrogen-bond acceptors (Lipinski definition) is 5. The first-order chi connectivity index (χ1) is 15.3. The molecule has 2 aliphatic heterocycles. The minimum absolute atomic E-state index is 0.270. The van der Waals surface area contributed by atoms with Gasteiger partial charge in [-0.1, -0.05) is 23.2 Å². The van der Waals surface area contributed by atoms with E-state index < -0.39 is 10.0 Å². The molecular weight excluding hydrogens is 491 g/mol. The zero-order valence-electron chi connectivity index (χ0n) is 17.3. The lowest BCUT2D eigenvalue weighted by atomic mass is 10.2. The first kappa shape index (κ1) is 23.5. The van der Waals surface area contributed by atoms with Crippen LogP contribution in [0, 0.1) is 0 Å². The summed E-state index contributed by atoms with van der Waals surface area (Å²) in [4.78, 5) is 4.61. The predicted molar refractivity (Wildman–Crippen MR) is 132 cm³/mol. The van der Waals surface area contributed by atoms with Gasteiger partial charge in [0.25, 0.3) is 0 Å². The van der Waals surface area contributed by atoms with E-state index in [4.69, 9.17) is 40.2 Å². The molecule has 0 aromatic heterocycles. The molecule has 0 spiro atoms. The highest BCUT2D eigenvalue weighted by Gasteiger charge is 2.26. The van der Waals surface area contributed by atoms with Crippen LogP contribution in [-0.2, 0) is 14.8 Å². The number of nitrogens with zero attached hydrogens (tertiary/aromatic N) is 3. The monoisotopic (exact) mass is 514 g/mol. The van der Waals surface area contributed by atoms with Gasteiger partial charge >= 0.3 is 0 Å². The normalized spacial score (nSPS) is 17.9. The van der Waals surface area contributed by atoms with Gasteiger partial charge in [-0.2, -0.15) is 4.31 Å². The van der Waals surface area contributed by atoms with Crippen LogP contribution in [0.4, 0.5) is 11.4 Å². The maximum atomic E-state index is 12.8. The number of thiocarbonyl (C=S) groups is 1. The Morgan fingerprint density at radius 3 is 2.19 bits per heavy atom. The summed E-state index contributed by atoms with van der Waals surface area (Å²) in [5, 5.41) is 4.92. The van der Waals surface area contributed by atoms with E-state index in [9.17, 15) is 8.42 Å². The summed E-state index contributed by atoms with van der Waals surface area (Å²) in [6.07, 6.45) is 0. The molecule has 2 heterocycles. The minimum atomic E-state index is -3.51. The average Bonchev–Trinajstić information content (AvgIpc) is 2.82. The van der Waals surface area contributed by atoms with E-state index in [0.717, 1.165) is 37.6 Å². The molecule has 172 valence electrons. The fourth-order valence-corrected chi connectivity index (χ4v) is 5.70. The second-order valence-electron chi connectivity index (χ2n) is 7.54. The van der Waals surface area contributed by atoms with Crippen molar-refractivity contribution in [3.63, 3.8) is 0 Å². The largest absolute Gasteiger partial charge is 0.379 e. The van der Waals surface area contributed by atoms with Gasteiger partial charge in [0.15, 0.2) is 5.11 Å². The van der Waals surface area contributed by atoms with Crippen LogP contribution >= 0.6 is 35.4 Å². The number of hydrogen-bond donors (Lipinski definition) is 1. The molecule has 0 saturated carbocycles.